The van der Waals surface area contributed by atoms with Crippen LogP contribution in [0.4, 0.5) is 5.69 Å². The molecule has 0 radical (unpaired) electrons. The van der Waals surface area contributed by atoms with Gasteiger partial charge in [0.1, 0.15) is 0 Å². The molecule has 2 heterocycles. The lowest BCUT2D eigenvalue weighted by molar-refractivity contribution is -0.141. The molecule has 3 aromatic rings. The maximum absolute atomic E-state index is 12.6. The van der Waals surface area contributed by atoms with Gasteiger partial charge in [-0.05, 0) is 46.5 Å². The highest BCUT2D eigenvalue weighted by Gasteiger charge is 2.17. The number of amides is 1. The van der Waals surface area contributed by atoms with E-state index in [1.807, 2.05) is 59.3 Å². The first-order valence-corrected chi connectivity index (χ1v) is 10.7. The number of carbonyl (C=O) groups is 2. The fourth-order valence-corrected chi connectivity index (χ4v) is 4.07. The summed E-state index contributed by atoms with van der Waals surface area (Å²) < 4.78 is 5.30. The number of ether oxygens (including phenoxy) is 1. The van der Waals surface area contributed by atoms with Crippen molar-refractivity contribution in [3.05, 3.63) is 74.6 Å². The number of hydrogen-bond donors (Lipinski definition) is 1. The normalized spacial score (nSPS) is 11.5. The van der Waals surface area contributed by atoms with E-state index in [0.29, 0.717) is 5.57 Å². The molecule has 0 atom stereocenters. The number of carbonyl (C=O) groups excluding carboxylic acids is 2. The van der Waals surface area contributed by atoms with E-state index in [-0.39, 0.29) is 18.4 Å². The van der Waals surface area contributed by atoms with Gasteiger partial charge in [-0.15, -0.1) is 22.7 Å². The summed E-state index contributed by atoms with van der Waals surface area (Å²) >= 11 is 3.00. The molecule has 4 nitrogen and oxygen atoms in total. The molecule has 3 rings (SSSR count). The Morgan fingerprint density at radius 3 is 2.46 bits per heavy atom. The van der Waals surface area contributed by atoms with Crippen molar-refractivity contribution >= 4 is 51.9 Å². The fraction of sp³-hybridized carbons (Fsp3) is 0.182. The van der Waals surface area contributed by atoms with Crippen molar-refractivity contribution in [3.63, 3.8) is 0 Å². The fourth-order valence-electron chi connectivity index (χ4n) is 2.69. The topological polar surface area (TPSA) is 55.4 Å². The van der Waals surface area contributed by atoms with Crippen LogP contribution in [-0.2, 0) is 14.3 Å². The molecule has 0 aliphatic carbocycles. The standard InChI is InChI=1S/C22H21NO3S2/c1-15(2)17-8-3-4-9-19(17)23-21(24)14-26-22(25)18(20-10-6-12-28-20)13-16-7-5-11-27-16/h3-13,15H,14H2,1-2H3,(H,23,24). The molecule has 2 aromatic heterocycles. The molecular formula is C22H21NO3S2. The van der Waals surface area contributed by atoms with Gasteiger partial charge in [0.2, 0.25) is 0 Å². The van der Waals surface area contributed by atoms with E-state index in [1.54, 1.807) is 6.08 Å². The van der Waals surface area contributed by atoms with E-state index in [4.69, 9.17) is 4.74 Å². The Bertz CT molecular complexity index is 958. The SMILES string of the molecule is CC(C)c1ccccc1NC(=O)COC(=O)C(=Cc1cccs1)c1cccs1. The van der Waals surface area contributed by atoms with Crippen molar-refractivity contribution in [2.45, 2.75) is 19.8 Å². The summed E-state index contributed by atoms with van der Waals surface area (Å²) in [4.78, 5) is 26.7. The summed E-state index contributed by atoms with van der Waals surface area (Å²) in [5, 5.41) is 6.69. The van der Waals surface area contributed by atoms with Crippen molar-refractivity contribution in [3.8, 4) is 0 Å². The van der Waals surface area contributed by atoms with Gasteiger partial charge in [0.05, 0.1) is 5.57 Å². The molecule has 1 amide bonds. The third-order valence-electron chi connectivity index (χ3n) is 4.03. The average Bonchev–Trinajstić information content (AvgIpc) is 3.38. The van der Waals surface area contributed by atoms with Gasteiger partial charge in [-0.25, -0.2) is 4.79 Å². The number of thiophene rings is 2. The van der Waals surface area contributed by atoms with Crippen LogP contribution >= 0.6 is 22.7 Å². The summed E-state index contributed by atoms with van der Waals surface area (Å²) in [6.07, 6.45) is 1.80. The largest absolute Gasteiger partial charge is 0.452 e. The first kappa shape index (κ1) is 20.0. The van der Waals surface area contributed by atoms with Gasteiger partial charge >= 0.3 is 5.97 Å². The van der Waals surface area contributed by atoms with Crippen molar-refractivity contribution in [2.75, 3.05) is 11.9 Å². The van der Waals surface area contributed by atoms with Gasteiger partial charge < -0.3 is 10.1 Å². The number of benzene rings is 1. The Morgan fingerprint density at radius 1 is 1.04 bits per heavy atom. The third-order valence-corrected chi connectivity index (χ3v) is 5.75. The number of nitrogens with one attached hydrogen (secondary N) is 1. The molecule has 144 valence electrons. The predicted molar refractivity (Wildman–Crippen MR) is 117 cm³/mol. The van der Waals surface area contributed by atoms with E-state index in [9.17, 15) is 9.59 Å². The number of anilines is 1. The second kappa shape index (κ2) is 9.48. The molecular weight excluding hydrogens is 390 g/mol. The third kappa shape index (κ3) is 5.18. The number of hydrogen-bond acceptors (Lipinski definition) is 5. The lowest BCUT2D eigenvalue weighted by Crippen LogP contribution is -2.22. The molecule has 1 N–H and O–H groups in total. The molecule has 6 heteroatoms. The second-order valence-electron chi connectivity index (χ2n) is 6.42. The Hall–Kier alpha value is -2.70. The Balaban J connectivity index is 1.67. The van der Waals surface area contributed by atoms with Crippen LogP contribution in [-0.4, -0.2) is 18.5 Å². The van der Waals surface area contributed by atoms with E-state index in [2.05, 4.69) is 19.2 Å². The van der Waals surface area contributed by atoms with Crippen LogP contribution < -0.4 is 5.32 Å². The van der Waals surface area contributed by atoms with Crippen LogP contribution in [0.25, 0.3) is 11.6 Å². The summed E-state index contributed by atoms with van der Waals surface area (Å²) in [5.41, 5.74) is 2.23. The maximum Gasteiger partial charge on any atom is 0.340 e. The maximum atomic E-state index is 12.6. The molecule has 0 spiro atoms. The van der Waals surface area contributed by atoms with Crippen molar-refractivity contribution < 1.29 is 14.3 Å². The van der Waals surface area contributed by atoms with Crippen LogP contribution in [0.15, 0.2) is 59.3 Å². The van der Waals surface area contributed by atoms with Gasteiger partial charge in [0.15, 0.2) is 6.61 Å². The highest BCUT2D eigenvalue weighted by molar-refractivity contribution is 7.12. The van der Waals surface area contributed by atoms with Crippen LogP contribution in [0.5, 0.6) is 0 Å². The lowest BCUT2D eigenvalue weighted by atomic mass is 10.0. The quantitative estimate of drug-likeness (QED) is 0.403. The minimum absolute atomic E-state index is 0.276. The van der Waals surface area contributed by atoms with Gasteiger partial charge in [0, 0.05) is 15.4 Å². The summed E-state index contributed by atoms with van der Waals surface area (Å²) in [5.74, 6) is -0.593. The summed E-state index contributed by atoms with van der Waals surface area (Å²) in [6, 6.07) is 15.2. The van der Waals surface area contributed by atoms with Crippen LogP contribution in [0.2, 0.25) is 0 Å². The molecule has 0 bridgehead atoms. The van der Waals surface area contributed by atoms with Gasteiger partial charge in [-0.1, -0.05) is 44.2 Å². The molecule has 0 unspecified atom stereocenters. The average molecular weight is 412 g/mol. The van der Waals surface area contributed by atoms with Crippen LogP contribution in [0.1, 0.15) is 35.1 Å². The van der Waals surface area contributed by atoms with Crippen molar-refractivity contribution in [2.24, 2.45) is 0 Å². The van der Waals surface area contributed by atoms with Crippen molar-refractivity contribution in [1.29, 1.82) is 0 Å². The Kier molecular flexibility index (Phi) is 6.79. The van der Waals surface area contributed by atoms with Gasteiger partial charge in [0.25, 0.3) is 5.91 Å². The number of para-hydroxylation sites is 1. The minimum Gasteiger partial charge on any atom is -0.452 e. The monoisotopic (exact) mass is 411 g/mol. The highest BCUT2D eigenvalue weighted by atomic mass is 32.1. The molecule has 28 heavy (non-hydrogen) atoms. The van der Waals surface area contributed by atoms with E-state index in [1.165, 1.54) is 22.7 Å². The van der Waals surface area contributed by atoms with Crippen molar-refractivity contribution in [1.82, 2.24) is 0 Å². The molecule has 0 saturated heterocycles. The lowest BCUT2D eigenvalue weighted by Gasteiger charge is -2.14. The van der Waals surface area contributed by atoms with Gasteiger partial charge in [-0.3, -0.25) is 4.79 Å². The van der Waals surface area contributed by atoms with Crippen LogP contribution in [0, 0.1) is 0 Å². The minimum atomic E-state index is -0.511. The first-order valence-electron chi connectivity index (χ1n) is 8.89. The highest BCUT2D eigenvalue weighted by Crippen LogP contribution is 2.26. The smallest absolute Gasteiger partial charge is 0.340 e. The molecule has 0 aliphatic heterocycles. The first-order chi connectivity index (χ1) is 13.5. The summed E-state index contributed by atoms with van der Waals surface area (Å²) in [7, 11) is 0. The summed E-state index contributed by atoms with van der Waals surface area (Å²) in [6.45, 7) is 3.79. The molecule has 1 aromatic carbocycles. The van der Waals surface area contributed by atoms with E-state index < -0.39 is 5.97 Å². The van der Waals surface area contributed by atoms with E-state index >= 15 is 0 Å². The van der Waals surface area contributed by atoms with Gasteiger partial charge in [-0.2, -0.15) is 0 Å². The zero-order chi connectivity index (χ0) is 19.9. The molecule has 0 aliphatic rings. The number of esters is 1. The second-order valence-corrected chi connectivity index (χ2v) is 8.34. The zero-order valence-electron chi connectivity index (χ0n) is 15.7. The molecule has 0 fully saturated rings. The number of rotatable bonds is 7. The Labute approximate surface area is 172 Å². The predicted octanol–water partition coefficient (Wildman–Crippen LogP) is 5.66. The van der Waals surface area contributed by atoms with Crippen LogP contribution in [0.3, 0.4) is 0 Å². The molecule has 0 saturated carbocycles. The zero-order valence-corrected chi connectivity index (χ0v) is 17.3. The Morgan fingerprint density at radius 2 is 1.79 bits per heavy atom. The van der Waals surface area contributed by atoms with E-state index in [0.717, 1.165) is 21.0 Å².